The average Bonchev–Trinajstić information content (AvgIpc) is 2.44. The van der Waals surface area contributed by atoms with Gasteiger partial charge in [-0.1, -0.05) is 30.3 Å². The van der Waals surface area contributed by atoms with Crippen molar-refractivity contribution in [1.29, 1.82) is 0 Å². The first-order valence-electron chi connectivity index (χ1n) is 6.59. The molecule has 0 saturated carbocycles. The minimum Gasteiger partial charge on any atom is -0.461 e. The number of nitrogens with one attached hydrogen (secondary N) is 1. The van der Waals surface area contributed by atoms with E-state index in [2.05, 4.69) is 20.3 Å². The van der Waals surface area contributed by atoms with Gasteiger partial charge < -0.3 is 15.2 Å². The molecule has 1 aromatic heterocycles. The molecule has 0 saturated heterocycles. The van der Waals surface area contributed by atoms with Crippen LogP contribution in [-0.2, 0) is 0 Å². The van der Waals surface area contributed by atoms with Crippen LogP contribution in [0.2, 0.25) is 5.28 Å². The van der Waals surface area contributed by atoms with Gasteiger partial charge in [-0.3, -0.25) is 0 Å². The molecular weight excluding hydrogens is 292 g/mol. The van der Waals surface area contributed by atoms with Crippen molar-refractivity contribution in [3.8, 4) is 6.01 Å². The van der Waals surface area contributed by atoms with Crippen LogP contribution in [0.1, 0.15) is 25.5 Å². The lowest BCUT2D eigenvalue weighted by molar-refractivity contribution is 0.191. The molecule has 6 nitrogen and oxygen atoms in total. The van der Waals surface area contributed by atoms with Crippen LogP contribution in [0.4, 0.5) is 5.95 Å². The van der Waals surface area contributed by atoms with Gasteiger partial charge in [-0.05, 0) is 31.0 Å². The molecule has 0 bridgehead atoms. The number of hydrogen-bond donors (Lipinski definition) is 2. The molecule has 1 aromatic carbocycles. The van der Waals surface area contributed by atoms with Gasteiger partial charge in [-0.15, -0.1) is 0 Å². The number of aliphatic hydroxyl groups excluding tert-OH is 1. The molecule has 0 spiro atoms. The predicted molar refractivity (Wildman–Crippen MR) is 80.5 cm³/mol. The number of benzene rings is 1. The third-order valence-electron chi connectivity index (χ3n) is 2.57. The van der Waals surface area contributed by atoms with Gasteiger partial charge >= 0.3 is 6.01 Å². The third-order valence-corrected chi connectivity index (χ3v) is 2.74. The number of anilines is 1. The van der Waals surface area contributed by atoms with E-state index in [0.29, 0.717) is 0 Å². The van der Waals surface area contributed by atoms with Crippen LogP contribution in [0.5, 0.6) is 6.01 Å². The van der Waals surface area contributed by atoms with Gasteiger partial charge in [0.15, 0.2) is 0 Å². The molecule has 0 radical (unpaired) electrons. The highest BCUT2D eigenvalue weighted by Gasteiger charge is 2.10. The number of aliphatic hydroxyl groups is 1. The van der Waals surface area contributed by atoms with E-state index in [0.717, 1.165) is 5.56 Å². The Morgan fingerprint density at radius 2 is 1.90 bits per heavy atom. The van der Waals surface area contributed by atoms with Gasteiger partial charge in [-0.2, -0.15) is 15.0 Å². The van der Waals surface area contributed by atoms with E-state index in [1.165, 1.54) is 0 Å². The van der Waals surface area contributed by atoms with Crippen LogP contribution in [-0.4, -0.2) is 32.7 Å². The standard InChI is InChI=1S/C14H17ClN4O2/c1-9(2)21-14-18-12(15)17-13(19-14)16-8-11(20)10-6-4-3-5-7-10/h3-7,9,11,20H,8H2,1-2H3,(H,16,17,18,19). The normalized spacial score (nSPS) is 12.2. The summed E-state index contributed by atoms with van der Waals surface area (Å²) < 4.78 is 5.38. The monoisotopic (exact) mass is 308 g/mol. The Balaban J connectivity index is 2.01. The second-order valence-corrected chi connectivity index (χ2v) is 5.02. The van der Waals surface area contributed by atoms with Crippen LogP contribution in [0.3, 0.4) is 0 Å². The first kappa shape index (κ1) is 15.5. The molecule has 1 atom stereocenters. The van der Waals surface area contributed by atoms with Crippen LogP contribution < -0.4 is 10.1 Å². The van der Waals surface area contributed by atoms with E-state index in [9.17, 15) is 5.11 Å². The fourth-order valence-corrected chi connectivity index (χ4v) is 1.81. The van der Waals surface area contributed by atoms with E-state index in [-0.39, 0.29) is 29.9 Å². The summed E-state index contributed by atoms with van der Waals surface area (Å²) in [6.07, 6.45) is -0.734. The zero-order valence-corrected chi connectivity index (χ0v) is 12.6. The molecule has 0 aliphatic rings. The van der Waals surface area contributed by atoms with Crippen LogP contribution in [0.25, 0.3) is 0 Å². The lowest BCUT2D eigenvalue weighted by atomic mass is 10.1. The van der Waals surface area contributed by atoms with Crippen molar-refractivity contribution in [2.75, 3.05) is 11.9 Å². The summed E-state index contributed by atoms with van der Waals surface area (Å²) in [5, 5.41) is 13.0. The molecular formula is C14H17ClN4O2. The van der Waals surface area contributed by atoms with Crippen molar-refractivity contribution in [1.82, 2.24) is 15.0 Å². The summed E-state index contributed by atoms with van der Waals surface area (Å²) in [4.78, 5) is 11.9. The lowest BCUT2D eigenvalue weighted by Gasteiger charge is -2.13. The zero-order chi connectivity index (χ0) is 15.2. The summed E-state index contributed by atoms with van der Waals surface area (Å²) in [5.41, 5.74) is 0.809. The van der Waals surface area contributed by atoms with Gasteiger partial charge in [0.05, 0.1) is 12.2 Å². The summed E-state index contributed by atoms with van der Waals surface area (Å²) in [7, 11) is 0. The number of halogens is 1. The molecule has 2 aromatic rings. The zero-order valence-electron chi connectivity index (χ0n) is 11.8. The van der Waals surface area contributed by atoms with Gasteiger partial charge in [0.25, 0.3) is 0 Å². The lowest BCUT2D eigenvalue weighted by Crippen LogP contribution is -2.15. The van der Waals surface area contributed by atoms with Gasteiger partial charge in [0.2, 0.25) is 11.2 Å². The van der Waals surface area contributed by atoms with Crippen LogP contribution >= 0.6 is 11.6 Å². The fourth-order valence-electron chi connectivity index (χ4n) is 1.66. The highest BCUT2D eigenvalue weighted by atomic mass is 35.5. The Hall–Kier alpha value is -1.92. The molecule has 112 valence electrons. The Labute approximate surface area is 128 Å². The van der Waals surface area contributed by atoms with Gasteiger partial charge in [-0.25, -0.2) is 0 Å². The van der Waals surface area contributed by atoms with Crippen LogP contribution in [0.15, 0.2) is 30.3 Å². The van der Waals surface area contributed by atoms with E-state index in [1.54, 1.807) is 0 Å². The van der Waals surface area contributed by atoms with E-state index >= 15 is 0 Å². The van der Waals surface area contributed by atoms with Gasteiger partial charge in [0, 0.05) is 6.54 Å². The summed E-state index contributed by atoms with van der Waals surface area (Å²) >= 11 is 5.82. The largest absolute Gasteiger partial charge is 0.461 e. The van der Waals surface area contributed by atoms with E-state index in [1.807, 2.05) is 44.2 Å². The molecule has 1 unspecified atom stereocenters. The van der Waals surface area contributed by atoms with E-state index < -0.39 is 6.10 Å². The molecule has 0 amide bonds. The Kier molecular flexibility index (Phi) is 5.30. The van der Waals surface area contributed by atoms with E-state index in [4.69, 9.17) is 16.3 Å². The molecule has 0 fully saturated rings. The maximum Gasteiger partial charge on any atom is 0.322 e. The second kappa shape index (κ2) is 7.19. The number of hydrogen-bond acceptors (Lipinski definition) is 6. The minimum absolute atomic E-state index is 0.0392. The first-order valence-corrected chi connectivity index (χ1v) is 6.97. The Morgan fingerprint density at radius 3 is 2.57 bits per heavy atom. The minimum atomic E-state index is -0.670. The van der Waals surface area contributed by atoms with Crippen molar-refractivity contribution in [2.24, 2.45) is 0 Å². The average molecular weight is 309 g/mol. The number of rotatable bonds is 6. The van der Waals surface area contributed by atoms with Crippen LogP contribution in [0, 0.1) is 0 Å². The fraction of sp³-hybridized carbons (Fsp3) is 0.357. The molecule has 2 N–H and O–H groups in total. The quantitative estimate of drug-likeness (QED) is 0.853. The molecule has 2 rings (SSSR count). The smallest absolute Gasteiger partial charge is 0.322 e. The third kappa shape index (κ3) is 4.84. The SMILES string of the molecule is CC(C)Oc1nc(Cl)nc(NCC(O)c2ccccc2)n1. The molecule has 0 aliphatic heterocycles. The van der Waals surface area contributed by atoms with Crippen molar-refractivity contribution in [3.63, 3.8) is 0 Å². The van der Waals surface area contributed by atoms with Crippen molar-refractivity contribution in [3.05, 3.63) is 41.2 Å². The maximum atomic E-state index is 10.1. The summed E-state index contributed by atoms with van der Waals surface area (Å²) in [5.74, 6) is 0.264. The molecule has 0 aliphatic carbocycles. The summed E-state index contributed by atoms with van der Waals surface area (Å²) in [6.45, 7) is 3.99. The predicted octanol–water partition coefficient (Wildman–Crippen LogP) is 2.46. The number of ether oxygens (including phenoxy) is 1. The number of aromatic nitrogens is 3. The number of nitrogens with zero attached hydrogens (tertiary/aromatic N) is 3. The van der Waals surface area contributed by atoms with Crippen molar-refractivity contribution >= 4 is 17.5 Å². The first-order chi connectivity index (χ1) is 10.0. The topological polar surface area (TPSA) is 80.2 Å². The molecule has 1 heterocycles. The van der Waals surface area contributed by atoms with Crippen molar-refractivity contribution < 1.29 is 9.84 Å². The Bertz CT molecular complexity index is 580. The van der Waals surface area contributed by atoms with Gasteiger partial charge in [0.1, 0.15) is 0 Å². The van der Waals surface area contributed by atoms with Crippen molar-refractivity contribution in [2.45, 2.75) is 26.1 Å². The maximum absolute atomic E-state index is 10.1. The molecule has 7 heteroatoms. The second-order valence-electron chi connectivity index (χ2n) is 4.68. The highest BCUT2D eigenvalue weighted by molar-refractivity contribution is 6.28. The Morgan fingerprint density at radius 1 is 1.19 bits per heavy atom. The highest BCUT2D eigenvalue weighted by Crippen LogP contribution is 2.15. The summed E-state index contributed by atoms with van der Waals surface area (Å²) in [6, 6.07) is 9.48. The molecule has 21 heavy (non-hydrogen) atoms.